The van der Waals surface area contributed by atoms with Gasteiger partial charge in [-0.1, -0.05) is 12.1 Å². The van der Waals surface area contributed by atoms with Crippen molar-refractivity contribution in [1.82, 2.24) is 19.4 Å². The van der Waals surface area contributed by atoms with Gasteiger partial charge >= 0.3 is 0 Å². The van der Waals surface area contributed by atoms with Crippen LogP contribution in [0.3, 0.4) is 0 Å². The van der Waals surface area contributed by atoms with Crippen molar-refractivity contribution in [2.45, 2.75) is 38.7 Å². The van der Waals surface area contributed by atoms with Crippen LogP contribution in [0, 0.1) is 12.7 Å². The van der Waals surface area contributed by atoms with E-state index in [0.717, 1.165) is 45.3 Å². The van der Waals surface area contributed by atoms with Crippen molar-refractivity contribution in [2.24, 2.45) is 0 Å². The third-order valence-electron chi connectivity index (χ3n) is 6.05. The van der Waals surface area contributed by atoms with Gasteiger partial charge in [-0.15, -0.1) is 11.3 Å². The third kappa shape index (κ3) is 4.74. The van der Waals surface area contributed by atoms with E-state index in [0.29, 0.717) is 42.0 Å². The van der Waals surface area contributed by atoms with Crippen LogP contribution < -0.4 is 15.2 Å². The van der Waals surface area contributed by atoms with E-state index >= 15 is 0 Å². The minimum Gasteiger partial charge on any atom is -0.488 e. The number of imidazole rings is 1. The zero-order valence-electron chi connectivity index (χ0n) is 19.6. The van der Waals surface area contributed by atoms with E-state index in [1.165, 1.54) is 12.1 Å². The van der Waals surface area contributed by atoms with E-state index in [1.807, 2.05) is 37.4 Å². The van der Waals surface area contributed by atoms with Gasteiger partial charge in [0.1, 0.15) is 46.8 Å². The van der Waals surface area contributed by atoms with Gasteiger partial charge in [-0.3, -0.25) is 4.40 Å². The van der Waals surface area contributed by atoms with Gasteiger partial charge in [-0.2, -0.15) is 0 Å². The second kappa shape index (κ2) is 9.23. The number of hydrogen-bond acceptors (Lipinski definition) is 7. The molecule has 0 unspecified atom stereocenters. The third-order valence-corrected chi connectivity index (χ3v) is 6.94. The van der Waals surface area contributed by atoms with E-state index in [-0.39, 0.29) is 0 Å². The summed E-state index contributed by atoms with van der Waals surface area (Å²) in [6, 6.07) is 12.0. The molecule has 7 nitrogen and oxygen atoms in total. The standard InChI is InChI=1S/C27H24FN5O2S/c1-16-31-14-23(36-16)15-34-21-11-19(28)12-22(13-21)35-20-6-2-17(3-7-20)10-24-25-26(29)30-8-9-33(25)27(32-24)18-4-5-18/h2-3,6-9,11-14,18H,4-5,10,15H2,1H3,(H2,29,30). The number of benzene rings is 2. The normalized spacial score (nSPS) is 13.3. The van der Waals surface area contributed by atoms with Crippen molar-refractivity contribution < 1.29 is 13.9 Å². The molecule has 0 bridgehead atoms. The van der Waals surface area contributed by atoms with Crippen LogP contribution in [-0.4, -0.2) is 19.4 Å². The number of anilines is 1. The number of hydrogen-bond donors (Lipinski definition) is 1. The fraction of sp³-hybridized carbons (Fsp3) is 0.222. The lowest BCUT2D eigenvalue weighted by atomic mass is 10.1. The molecule has 0 aliphatic heterocycles. The predicted octanol–water partition coefficient (Wildman–Crippen LogP) is 6.06. The number of aromatic nitrogens is 4. The Morgan fingerprint density at radius 3 is 2.64 bits per heavy atom. The van der Waals surface area contributed by atoms with Crippen molar-refractivity contribution in [3.8, 4) is 17.2 Å². The molecule has 0 radical (unpaired) electrons. The Kier molecular flexibility index (Phi) is 5.77. The molecular weight excluding hydrogens is 477 g/mol. The predicted molar refractivity (Wildman–Crippen MR) is 136 cm³/mol. The maximum atomic E-state index is 14.2. The molecule has 2 N–H and O–H groups in total. The minimum absolute atomic E-state index is 0.328. The summed E-state index contributed by atoms with van der Waals surface area (Å²) in [6.07, 6.45) is 8.36. The number of fused-ring (bicyclic) bond motifs is 1. The second-order valence-electron chi connectivity index (χ2n) is 8.90. The van der Waals surface area contributed by atoms with Crippen LogP contribution in [0.4, 0.5) is 10.2 Å². The Hall–Kier alpha value is -3.98. The molecule has 0 atom stereocenters. The molecule has 1 fully saturated rings. The van der Waals surface area contributed by atoms with Crippen LogP contribution in [0.25, 0.3) is 5.52 Å². The highest BCUT2D eigenvalue weighted by molar-refractivity contribution is 7.11. The Balaban J connectivity index is 1.17. The number of rotatable bonds is 8. The number of thiazole rings is 1. The van der Waals surface area contributed by atoms with Crippen LogP contribution in [-0.2, 0) is 13.0 Å². The van der Waals surface area contributed by atoms with Crippen LogP contribution in [0.1, 0.15) is 45.7 Å². The molecule has 5 aromatic rings. The number of nitrogens with two attached hydrogens (primary N) is 1. The first-order valence-electron chi connectivity index (χ1n) is 11.7. The fourth-order valence-corrected chi connectivity index (χ4v) is 4.93. The quantitative estimate of drug-likeness (QED) is 0.278. The topological polar surface area (TPSA) is 87.6 Å². The lowest BCUT2D eigenvalue weighted by molar-refractivity contribution is 0.306. The highest BCUT2D eigenvalue weighted by Crippen LogP contribution is 2.40. The van der Waals surface area contributed by atoms with Gasteiger partial charge < -0.3 is 15.2 Å². The molecule has 0 amide bonds. The highest BCUT2D eigenvalue weighted by Gasteiger charge is 2.29. The summed E-state index contributed by atoms with van der Waals surface area (Å²) in [5.74, 6) is 2.98. The molecule has 1 aliphatic carbocycles. The smallest absolute Gasteiger partial charge is 0.149 e. The summed E-state index contributed by atoms with van der Waals surface area (Å²) in [4.78, 5) is 14.4. The van der Waals surface area contributed by atoms with E-state index < -0.39 is 5.82 Å². The average molecular weight is 502 g/mol. The maximum Gasteiger partial charge on any atom is 0.149 e. The molecule has 36 heavy (non-hydrogen) atoms. The molecule has 3 heterocycles. The van der Waals surface area contributed by atoms with E-state index in [2.05, 4.69) is 14.4 Å². The fourth-order valence-electron chi connectivity index (χ4n) is 4.23. The van der Waals surface area contributed by atoms with Crippen molar-refractivity contribution in [3.63, 3.8) is 0 Å². The van der Waals surface area contributed by atoms with Gasteiger partial charge in [-0.05, 0) is 37.5 Å². The molecule has 1 saturated carbocycles. The first kappa shape index (κ1) is 22.5. The first-order chi connectivity index (χ1) is 17.5. The second-order valence-corrected chi connectivity index (χ2v) is 10.2. The van der Waals surface area contributed by atoms with Gasteiger partial charge in [0, 0.05) is 49.1 Å². The van der Waals surface area contributed by atoms with Gasteiger partial charge in [0.25, 0.3) is 0 Å². The molecule has 0 saturated heterocycles. The zero-order valence-corrected chi connectivity index (χ0v) is 20.5. The molecule has 2 aromatic carbocycles. The van der Waals surface area contributed by atoms with Crippen LogP contribution in [0.2, 0.25) is 0 Å². The van der Waals surface area contributed by atoms with Crippen LogP contribution in [0.15, 0.2) is 61.1 Å². The molecule has 182 valence electrons. The SMILES string of the molecule is Cc1ncc(COc2cc(F)cc(Oc3ccc(Cc4nc(C5CC5)n5ccnc(N)c45)cc3)c2)s1. The largest absolute Gasteiger partial charge is 0.488 e. The Morgan fingerprint density at radius 2 is 1.89 bits per heavy atom. The molecule has 0 spiro atoms. The van der Waals surface area contributed by atoms with Crippen LogP contribution >= 0.6 is 11.3 Å². The van der Waals surface area contributed by atoms with Crippen LogP contribution in [0.5, 0.6) is 17.2 Å². The first-order valence-corrected chi connectivity index (χ1v) is 12.6. The highest BCUT2D eigenvalue weighted by atomic mass is 32.1. The average Bonchev–Trinajstić information content (AvgIpc) is 3.51. The molecular formula is C27H24FN5O2S. The number of nitrogen functional groups attached to an aromatic ring is 1. The zero-order chi connectivity index (χ0) is 24.6. The summed E-state index contributed by atoms with van der Waals surface area (Å²) in [5, 5.41) is 0.963. The van der Waals surface area contributed by atoms with Crippen molar-refractivity contribution in [1.29, 1.82) is 0 Å². The summed E-state index contributed by atoms with van der Waals surface area (Å²) >= 11 is 1.55. The monoisotopic (exact) mass is 501 g/mol. The minimum atomic E-state index is -0.427. The number of halogens is 1. The molecule has 3 aromatic heterocycles. The molecule has 6 rings (SSSR count). The van der Waals surface area contributed by atoms with Crippen molar-refractivity contribution >= 4 is 22.7 Å². The maximum absolute atomic E-state index is 14.2. The number of nitrogens with zero attached hydrogens (tertiary/aromatic N) is 4. The lowest BCUT2D eigenvalue weighted by Crippen LogP contribution is -1.98. The number of aryl methyl sites for hydroxylation is 1. The van der Waals surface area contributed by atoms with E-state index in [4.69, 9.17) is 20.2 Å². The van der Waals surface area contributed by atoms with Gasteiger partial charge in [-0.25, -0.2) is 19.3 Å². The molecule has 1 aliphatic rings. The Labute approximate surface area is 211 Å². The summed E-state index contributed by atoms with van der Waals surface area (Å²) in [5.41, 5.74) is 9.06. The van der Waals surface area contributed by atoms with Crippen molar-refractivity contribution in [2.75, 3.05) is 5.73 Å². The van der Waals surface area contributed by atoms with E-state index in [1.54, 1.807) is 29.8 Å². The van der Waals surface area contributed by atoms with Gasteiger partial charge in [0.05, 0.1) is 15.6 Å². The summed E-state index contributed by atoms with van der Waals surface area (Å²) in [6.45, 7) is 2.26. The van der Waals surface area contributed by atoms with Gasteiger partial charge in [0.2, 0.25) is 0 Å². The lowest BCUT2D eigenvalue weighted by Gasteiger charge is -2.10. The Morgan fingerprint density at radius 1 is 1.08 bits per heavy atom. The number of ether oxygens (including phenoxy) is 2. The Bertz CT molecular complexity index is 1540. The summed E-state index contributed by atoms with van der Waals surface area (Å²) in [7, 11) is 0. The molecule has 9 heteroatoms. The van der Waals surface area contributed by atoms with Gasteiger partial charge in [0.15, 0.2) is 0 Å². The summed E-state index contributed by atoms with van der Waals surface area (Å²) < 4.78 is 27.9. The van der Waals surface area contributed by atoms with Crippen molar-refractivity contribution in [3.05, 3.63) is 93.8 Å². The van der Waals surface area contributed by atoms with E-state index in [9.17, 15) is 4.39 Å².